The number of hydrogen-bond acceptors (Lipinski definition) is 6. The van der Waals surface area contributed by atoms with Crippen LogP contribution in [-0.2, 0) is 42.3 Å². The van der Waals surface area contributed by atoms with Gasteiger partial charge in [-0.15, -0.1) is 0 Å². The van der Waals surface area contributed by atoms with Gasteiger partial charge in [0.05, 0.1) is 18.4 Å². The van der Waals surface area contributed by atoms with Crippen LogP contribution in [0.1, 0.15) is 35.4 Å². The quantitative estimate of drug-likeness (QED) is 0.814. The molecule has 2 aromatic rings. The zero-order valence-corrected chi connectivity index (χ0v) is 15.4. The molecule has 0 aromatic carbocycles. The number of nitrogens with zero attached hydrogens (tertiary/aromatic N) is 3. The second kappa shape index (κ2) is 5.95. The zero-order valence-electron chi connectivity index (χ0n) is 14.6. The lowest BCUT2D eigenvalue weighted by Crippen LogP contribution is -2.35. The molecule has 0 bridgehead atoms. The minimum atomic E-state index is -4.08. The summed E-state index contributed by atoms with van der Waals surface area (Å²) in [7, 11) is -4.08. The van der Waals surface area contributed by atoms with Crippen LogP contribution < -0.4 is 14.8 Å². The van der Waals surface area contributed by atoms with Crippen LogP contribution in [0.15, 0.2) is 11.1 Å². The highest BCUT2D eigenvalue weighted by molar-refractivity contribution is 7.90. The van der Waals surface area contributed by atoms with Crippen LogP contribution in [0.5, 0.6) is 5.88 Å². The Morgan fingerprint density at radius 2 is 1.81 bits per heavy atom. The molecule has 2 aliphatic carbocycles. The molecule has 2 aromatic heterocycles. The molecule has 27 heavy (non-hydrogen) atoms. The average Bonchev–Trinajstić information content (AvgIpc) is 3.37. The van der Waals surface area contributed by atoms with Gasteiger partial charge in [-0.25, -0.2) is 22.6 Å². The highest BCUT2D eigenvalue weighted by Crippen LogP contribution is 2.36. The largest absolute Gasteiger partial charge is 0.475 e. The fraction of sp³-hybridized carbons (Fsp3) is 0.471. The summed E-state index contributed by atoms with van der Waals surface area (Å²) in [4.78, 5) is 17.1. The van der Waals surface area contributed by atoms with E-state index in [4.69, 9.17) is 9.72 Å². The first-order chi connectivity index (χ1) is 13.0. The first-order valence-electron chi connectivity index (χ1n) is 9.09. The summed E-state index contributed by atoms with van der Waals surface area (Å²) >= 11 is 0. The molecule has 142 valence electrons. The van der Waals surface area contributed by atoms with E-state index in [1.165, 1.54) is 10.9 Å². The predicted octanol–water partition coefficient (Wildman–Crippen LogP) is 1.16. The minimum absolute atomic E-state index is 0.125. The van der Waals surface area contributed by atoms with E-state index in [1.54, 1.807) is 0 Å². The van der Waals surface area contributed by atoms with Crippen LogP contribution in [0.25, 0.3) is 0 Å². The summed E-state index contributed by atoms with van der Waals surface area (Å²) in [5, 5.41) is 6.77. The van der Waals surface area contributed by atoms with Gasteiger partial charge in [0.2, 0.25) is 5.88 Å². The summed E-state index contributed by atoms with van der Waals surface area (Å²) in [6, 6.07) is -0.776. The normalized spacial score (nSPS) is 17.2. The second-order valence-electron chi connectivity index (χ2n) is 6.99. The predicted molar refractivity (Wildman–Crippen MR) is 95.3 cm³/mol. The molecule has 10 heteroatoms. The topological polar surface area (TPSA) is 115 Å². The number of pyridine rings is 1. The van der Waals surface area contributed by atoms with Gasteiger partial charge in [0.1, 0.15) is 6.61 Å². The number of carbonyl (C=O) groups is 1. The molecule has 0 atom stereocenters. The lowest BCUT2D eigenvalue weighted by atomic mass is 10.1. The third-order valence-electron chi connectivity index (χ3n) is 5.31. The second-order valence-corrected chi connectivity index (χ2v) is 8.64. The number of carbonyl (C=O) groups excluding carboxylic acids is 1. The van der Waals surface area contributed by atoms with E-state index in [-0.39, 0.29) is 10.8 Å². The highest BCUT2D eigenvalue weighted by Gasteiger charge is 2.31. The number of amides is 2. The summed E-state index contributed by atoms with van der Waals surface area (Å²) < 4.78 is 34.1. The third kappa shape index (κ3) is 2.66. The van der Waals surface area contributed by atoms with Crippen molar-refractivity contribution in [2.45, 2.75) is 50.0 Å². The molecule has 0 fully saturated rings. The fourth-order valence-corrected chi connectivity index (χ4v) is 5.11. The molecule has 0 saturated carbocycles. The van der Waals surface area contributed by atoms with Crippen molar-refractivity contribution in [3.8, 4) is 5.88 Å². The number of rotatable bonds is 3. The van der Waals surface area contributed by atoms with Crippen molar-refractivity contribution < 1.29 is 17.9 Å². The summed E-state index contributed by atoms with van der Waals surface area (Å²) in [6.07, 6.45) is 6.70. The van der Waals surface area contributed by atoms with Crippen molar-refractivity contribution in [2.75, 3.05) is 11.9 Å². The molecule has 1 aliphatic heterocycles. The summed E-state index contributed by atoms with van der Waals surface area (Å²) in [5.74, 6) is 0.168. The van der Waals surface area contributed by atoms with Crippen LogP contribution in [0.3, 0.4) is 0 Å². The maximum atomic E-state index is 12.6. The van der Waals surface area contributed by atoms with Crippen LogP contribution in [0.2, 0.25) is 0 Å². The lowest BCUT2D eigenvalue weighted by Gasteiger charge is -2.15. The van der Waals surface area contributed by atoms with E-state index in [0.717, 1.165) is 66.7 Å². The smallest absolute Gasteiger partial charge is 0.333 e. The SMILES string of the molecule is O=C(Nc1c2c(nc3c1CCC3)CCC2)NS(=O)(=O)c1cnn2c1OCC2. The zero-order chi connectivity index (χ0) is 18.6. The number of hydrogen-bond donors (Lipinski definition) is 2. The Bertz CT molecular complexity index is 1030. The maximum absolute atomic E-state index is 12.6. The van der Waals surface area contributed by atoms with E-state index >= 15 is 0 Å². The van der Waals surface area contributed by atoms with E-state index in [9.17, 15) is 13.2 Å². The Morgan fingerprint density at radius 1 is 1.11 bits per heavy atom. The van der Waals surface area contributed by atoms with Crippen LogP contribution in [0, 0.1) is 0 Å². The van der Waals surface area contributed by atoms with E-state index in [0.29, 0.717) is 13.2 Å². The molecule has 0 saturated heterocycles. The van der Waals surface area contributed by atoms with Crippen molar-refractivity contribution in [3.63, 3.8) is 0 Å². The maximum Gasteiger partial charge on any atom is 0.333 e. The Balaban J connectivity index is 1.42. The lowest BCUT2D eigenvalue weighted by molar-refractivity contribution is 0.256. The number of ether oxygens (including phenoxy) is 1. The van der Waals surface area contributed by atoms with Crippen LogP contribution in [0.4, 0.5) is 10.5 Å². The fourth-order valence-electron chi connectivity index (χ4n) is 4.13. The first-order valence-corrected chi connectivity index (χ1v) is 10.6. The Hall–Kier alpha value is -2.62. The number of urea groups is 1. The summed E-state index contributed by atoms with van der Waals surface area (Å²) in [5.41, 5.74) is 4.87. The highest BCUT2D eigenvalue weighted by atomic mass is 32.2. The van der Waals surface area contributed by atoms with Crippen molar-refractivity contribution >= 4 is 21.7 Å². The third-order valence-corrected chi connectivity index (χ3v) is 6.62. The summed E-state index contributed by atoms with van der Waals surface area (Å²) in [6.45, 7) is 0.861. The van der Waals surface area contributed by atoms with Gasteiger partial charge in [-0.3, -0.25) is 4.98 Å². The number of aryl methyl sites for hydroxylation is 2. The Labute approximate surface area is 156 Å². The van der Waals surface area contributed by atoms with Gasteiger partial charge in [0.15, 0.2) is 4.90 Å². The van der Waals surface area contributed by atoms with Gasteiger partial charge in [0.25, 0.3) is 10.0 Å². The van der Waals surface area contributed by atoms with Gasteiger partial charge in [-0.1, -0.05) is 0 Å². The number of aromatic nitrogens is 3. The number of sulfonamides is 1. The molecule has 3 aliphatic rings. The van der Waals surface area contributed by atoms with Crippen LogP contribution >= 0.6 is 0 Å². The van der Waals surface area contributed by atoms with Gasteiger partial charge < -0.3 is 10.1 Å². The van der Waals surface area contributed by atoms with Gasteiger partial charge in [-0.05, 0) is 49.7 Å². The van der Waals surface area contributed by atoms with Crippen molar-refractivity contribution in [2.24, 2.45) is 0 Å². The molecule has 2 amide bonds. The Morgan fingerprint density at radius 3 is 2.52 bits per heavy atom. The molecular formula is C17H19N5O4S. The van der Waals surface area contributed by atoms with Gasteiger partial charge in [-0.2, -0.15) is 5.10 Å². The average molecular weight is 389 g/mol. The molecule has 0 radical (unpaired) electrons. The molecule has 0 spiro atoms. The van der Waals surface area contributed by atoms with Gasteiger partial charge in [0, 0.05) is 11.4 Å². The van der Waals surface area contributed by atoms with Crippen LogP contribution in [-0.4, -0.2) is 35.8 Å². The monoisotopic (exact) mass is 389 g/mol. The standard InChI is InChI=1S/C17H19N5O4S/c23-17(21-27(24,25)14-9-18-22-7-8-26-16(14)22)20-15-10-3-1-5-12(10)19-13-6-2-4-11(13)15/h9H,1-8H2,(H2,19,20,21,23). The van der Waals surface area contributed by atoms with Gasteiger partial charge >= 0.3 is 6.03 Å². The number of nitrogens with one attached hydrogen (secondary N) is 2. The number of anilines is 1. The van der Waals surface area contributed by atoms with E-state index < -0.39 is 16.1 Å². The Kier molecular flexibility index (Phi) is 3.64. The molecular weight excluding hydrogens is 370 g/mol. The van der Waals surface area contributed by atoms with E-state index in [2.05, 4.69) is 15.1 Å². The molecule has 0 unspecified atom stereocenters. The van der Waals surface area contributed by atoms with Crippen molar-refractivity contribution in [3.05, 3.63) is 28.7 Å². The minimum Gasteiger partial charge on any atom is -0.475 e. The van der Waals surface area contributed by atoms with Crippen molar-refractivity contribution in [1.29, 1.82) is 0 Å². The molecule has 2 N–H and O–H groups in total. The molecule has 3 heterocycles. The van der Waals surface area contributed by atoms with Crippen molar-refractivity contribution in [1.82, 2.24) is 19.5 Å². The number of fused-ring (bicyclic) bond motifs is 3. The molecule has 5 rings (SSSR count). The molecule has 9 nitrogen and oxygen atoms in total. The first kappa shape index (κ1) is 16.5. The van der Waals surface area contributed by atoms with E-state index in [1.807, 2.05) is 0 Å².